The van der Waals surface area contributed by atoms with Gasteiger partial charge in [0.1, 0.15) is 0 Å². The molecule has 0 unspecified atom stereocenters. The Balaban J connectivity index is 0. The number of carboxylic acid groups (broad SMARTS) is 1. The van der Waals surface area contributed by atoms with Crippen LogP contribution in [0.3, 0.4) is 0 Å². The number of rotatable bonds is 6. The third-order valence-electron chi connectivity index (χ3n) is 1.04. The van der Waals surface area contributed by atoms with Crippen molar-refractivity contribution in [1.82, 2.24) is 0 Å². The van der Waals surface area contributed by atoms with Gasteiger partial charge < -0.3 is 14.9 Å². The van der Waals surface area contributed by atoms with E-state index in [1.807, 2.05) is 0 Å². The molecule has 0 radical (unpaired) electrons. The van der Waals surface area contributed by atoms with E-state index in [0.29, 0.717) is 12.8 Å². The van der Waals surface area contributed by atoms with Gasteiger partial charge in [-0.2, -0.15) is 0 Å². The van der Waals surface area contributed by atoms with E-state index in [0.717, 1.165) is 0 Å². The summed E-state index contributed by atoms with van der Waals surface area (Å²) in [5.41, 5.74) is 0. The maximum atomic E-state index is 10.1. The second-order valence-corrected chi connectivity index (χ2v) is 3.41. The zero-order chi connectivity index (χ0) is 9.61. The molecule has 0 saturated carbocycles. The molecule has 0 aromatic rings. The van der Waals surface area contributed by atoms with Crippen LogP contribution in [-0.4, -0.2) is 57.0 Å². The Hall–Kier alpha value is 0.580. The summed E-state index contributed by atoms with van der Waals surface area (Å²) in [7, 11) is -4.38. The van der Waals surface area contributed by atoms with Crippen LogP contribution in [0, 0.1) is 0 Å². The van der Waals surface area contributed by atoms with Gasteiger partial charge in [-0.05, 0) is 12.8 Å². The molecule has 74 valence electrons. The average molecular weight is 222 g/mol. The van der Waals surface area contributed by atoms with Crippen molar-refractivity contribution in [3.63, 3.8) is 0 Å². The summed E-state index contributed by atoms with van der Waals surface area (Å²) in [6, 6.07) is 0. The zero-order valence-electron chi connectivity index (χ0n) is 6.34. The molecule has 0 aliphatic carbocycles. The molecule has 6 nitrogen and oxygen atoms in total. The molecule has 0 aliphatic heterocycles. The van der Waals surface area contributed by atoms with Crippen LogP contribution in [-0.2, 0) is 13.9 Å². The van der Waals surface area contributed by atoms with Crippen molar-refractivity contribution in [1.29, 1.82) is 0 Å². The van der Waals surface area contributed by atoms with Crippen LogP contribution in [0.4, 0.5) is 0 Å². The van der Waals surface area contributed by atoms with Crippen molar-refractivity contribution >= 4 is 43.3 Å². The maximum absolute atomic E-state index is 10.1. The number of phosphoric ester groups is 1. The quantitative estimate of drug-likeness (QED) is 0.324. The van der Waals surface area contributed by atoms with E-state index in [9.17, 15) is 9.36 Å². The van der Waals surface area contributed by atoms with Gasteiger partial charge in [0.15, 0.2) is 0 Å². The van der Waals surface area contributed by atoms with E-state index in [4.69, 9.17) is 14.9 Å². The summed E-state index contributed by atoms with van der Waals surface area (Å²) in [5.74, 6) is -0.925. The van der Waals surface area contributed by atoms with Crippen molar-refractivity contribution in [2.24, 2.45) is 0 Å². The Bertz CT molecular complexity index is 189. The molecule has 8 heteroatoms. The van der Waals surface area contributed by atoms with Gasteiger partial charge in [0.2, 0.25) is 0 Å². The fourth-order valence-electron chi connectivity index (χ4n) is 0.562. The Kier molecular flexibility index (Phi) is 9.78. The van der Waals surface area contributed by atoms with Gasteiger partial charge in [0.25, 0.3) is 0 Å². The molecular weight excluding hydrogens is 210 g/mol. The van der Waals surface area contributed by atoms with Crippen molar-refractivity contribution in [3.05, 3.63) is 0 Å². The number of unbranched alkanes of at least 4 members (excludes halogenated alkanes) is 1. The van der Waals surface area contributed by atoms with Gasteiger partial charge >= 0.3 is 43.3 Å². The molecule has 0 heterocycles. The summed E-state index contributed by atoms with van der Waals surface area (Å²) in [4.78, 5) is 26.4. The Labute approximate surface area is 97.8 Å². The van der Waals surface area contributed by atoms with E-state index < -0.39 is 13.8 Å². The minimum atomic E-state index is -4.38. The van der Waals surface area contributed by atoms with E-state index in [1.165, 1.54) is 0 Å². The normalized spacial score (nSPS) is 10.6. The molecule has 0 fully saturated rings. The van der Waals surface area contributed by atoms with Gasteiger partial charge in [-0.3, -0.25) is 9.32 Å². The predicted octanol–water partition coefficient (Wildman–Crippen LogP) is -0.298. The first kappa shape index (κ1) is 16.0. The molecule has 0 bridgehead atoms. The molecule has 3 N–H and O–H groups in total. The van der Waals surface area contributed by atoms with Crippen molar-refractivity contribution in [2.45, 2.75) is 19.3 Å². The number of carboxylic acids is 1. The molecule has 0 spiro atoms. The summed E-state index contributed by atoms with van der Waals surface area (Å²) in [6.45, 7) is -0.114. The number of hydrogen-bond acceptors (Lipinski definition) is 3. The molecule has 0 saturated heterocycles. The standard InChI is InChI=1S/C5H11O6P.Na.H/c6-5(7)3-1-2-4-11-12(8,9)10;;/h1-4H2,(H,6,7)(H2,8,9,10);;. The molecule has 13 heavy (non-hydrogen) atoms. The second kappa shape index (κ2) is 7.94. The van der Waals surface area contributed by atoms with E-state index in [1.54, 1.807) is 0 Å². The van der Waals surface area contributed by atoms with Gasteiger partial charge in [-0.25, -0.2) is 4.57 Å². The predicted molar refractivity (Wildman–Crippen MR) is 46.6 cm³/mol. The van der Waals surface area contributed by atoms with Crippen molar-refractivity contribution in [2.75, 3.05) is 6.61 Å². The zero-order valence-corrected chi connectivity index (χ0v) is 7.24. The first-order valence-corrected chi connectivity index (χ1v) is 4.87. The van der Waals surface area contributed by atoms with Gasteiger partial charge in [-0.15, -0.1) is 0 Å². The molecule has 0 aromatic carbocycles. The summed E-state index contributed by atoms with van der Waals surface area (Å²) >= 11 is 0. The summed E-state index contributed by atoms with van der Waals surface area (Å²) in [5, 5.41) is 8.18. The Morgan fingerprint density at radius 2 is 1.85 bits per heavy atom. The Morgan fingerprint density at radius 1 is 1.31 bits per heavy atom. The third kappa shape index (κ3) is 15.3. The summed E-state index contributed by atoms with van der Waals surface area (Å²) in [6.07, 6.45) is 0.678. The topological polar surface area (TPSA) is 104 Å². The van der Waals surface area contributed by atoms with Crippen LogP contribution >= 0.6 is 7.82 Å². The van der Waals surface area contributed by atoms with Gasteiger partial charge in [0.05, 0.1) is 6.61 Å². The SMILES string of the molecule is O=C(O)CCCCOP(=O)(O)O.[NaH]. The molecule has 0 amide bonds. The van der Waals surface area contributed by atoms with Crippen molar-refractivity contribution in [3.8, 4) is 0 Å². The first-order chi connectivity index (χ1) is 5.42. The number of hydrogen-bond donors (Lipinski definition) is 3. The summed E-state index contributed by atoms with van der Waals surface area (Å²) < 4.78 is 14.2. The second-order valence-electron chi connectivity index (χ2n) is 2.17. The minimum absolute atomic E-state index is 0. The molecule has 0 aromatic heterocycles. The van der Waals surface area contributed by atoms with E-state index in [2.05, 4.69) is 4.52 Å². The van der Waals surface area contributed by atoms with E-state index >= 15 is 0 Å². The fraction of sp³-hybridized carbons (Fsp3) is 0.800. The van der Waals surface area contributed by atoms with Crippen molar-refractivity contribution < 1.29 is 28.8 Å². The van der Waals surface area contributed by atoms with Gasteiger partial charge in [-0.1, -0.05) is 0 Å². The number of phosphoric acid groups is 1. The number of aliphatic carboxylic acids is 1. The van der Waals surface area contributed by atoms with Crippen LogP contribution in [0.15, 0.2) is 0 Å². The molecular formula is C5H12NaO6P. The van der Waals surface area contributed by atoms with Crippen LogP contribution in [0.25, 0.3) is 0 Å². The van der Waals surface area contributed by atoms with Crippen LogP contribution in [0.5, 0.6) is 0 Å². The van der Waals surface area contributed by atoms with E-state index in [-0.39, 0.29) is 42.6 Å². The molecule has 0 rings (SSSR count). The first-order valence-electron chi connectivity index (χ1n) is 3.34. The average Bonchev–Trinajstić information content (AvgIpc) is 1.83. The third-order valence-corrected chi connectivity index (χ3v) is 1.56. The molecule has 0 aliphatic rings. The van der Waals surface area contributed by atoms with Gasteiger partial charge in [0, 0.05) is 6.42 Å². The van der Waals surface area contributed by atoms with Crippen LogP contribution < -0.4 is 0 Å². The monoisotopic (exact) mass is 222 g/mol. The Morgan fingerprint density at radius 3 is 2.23 bits per heavy atom. The molecule has 0 atom stereocenters. The number of carbonyl (C=O) groups is 1. The van der Waals surface area contributed by atoms with Crippen LogP contribution in [0.1, 0.15) is 19.3 Å². The fourth-order valence-corrected chi connectivity index (χ4v) is 0.929. The van der Waals surface area contributed by atoms with Crippen LogP contribution in [0.2, 0.25) is 0 Å².